The van der Waals surface area contributed by atoms with Crippen LogP contribution in [0.5, 0.6) is 11.5 Å². The van der Waals surface area contributed by atoms with Crippen molar-refractivity contribution in [3.05, 3.63) is 59.2 Å². The Morgan fingerprint density at radius 3 is 2.55 bits per heavy atom. The summed E-state index contributed by atoms with van der Waals surface area (Å²) in [5, 5.41) is 39.8. The van der Waals surface area contributed by atoms with Crippen molar-refractivity contribution in [1.29, 1.82) is 0 Å². The van der Waals surface area contributed by atoms with Gasteiger partial charge < -0.3 is 15.3 Å². The number of nitrogens with zero attached hydrogens (tertiary/aromatic N) is 3. The number of rotatable bonds is 8. The topological polar surface area (TPSA) is 106 Å². The van der Waals surface area contributed by atoms with Crippen molar-refractivity contribution in [3.63, 3.8) is 0 Å². The normalized spacial score (nSPS) is 11.6. The first-order chi connectivity index (χ1) is 14.7. The molecule has 0 aliphatic carbocycles. The Labute approximate surface area is 181 Å². The van der Waals surface area contributed by atoms with Gasteiger partial charge in [-0.15, -0.1) is 10.2 Å². The van der Waals surface area contributed by atoms with Crippen LogP contribution in [0, 0.1) is 13.8 Å². The number of phenols is 2. The predicted molar refractivity (Wildman–Crippen MR) is 121 cm³/mol. The Bertz CT molecular complexity index is 1140. The average molecular weight is 421 g/mol. The van der Waals surface area contributed by atoms with Crippen LogP contribution in [0.15, 0.2) is 52.7 Å². The number of carboxylic acid groups (broad SMARTS) is 1. The van der Waals surface area contributed by atoms with Gasteiger partial charge in [0.1, 0.15) is 22.9 Å². The molecule has 0 heterocycles. The van der Waals surface area contributed by atoms with Crippen LogP contribution < -0.4 is 0 Å². The zero-order valence-electron chi connectivity index (χ0n) is 18.0. The van der Waals surface area contributed by atoms with Crippen LogP contribution in [0.2, 0.25) is 0 Å². The summed E-state index contributed by atoms with van der Waals surface area (Å²) < 4.78 is 0. The third kappa shape index (κ3) is 5.58. The van der Waals surface area contributed by atoms with E-state index in [0.717, 1.165) is 28.3 Å². The summed E-state index contributed by atoms with van der Waals surface area (Å²) in [6.45, 7) is 4.47. The van der Waals surface area contributed by atoms with E-state index in [9.17, 15) is 15.0 Å². The molecule has 0 spiro atoms. The number of phenolic OH excluding ortho intramolecular Hbond substituents is 2. The number of aromatic hydroxyl groups is 2. The molecule has 0 radical (unpaired) electrons. The third-order valence-electron chi connectivity index (χ3n) is 5.14. The first-order valence-electron chi connectivity index (χ1n) is 10.1. The highest BCUT2D eigenvalue weighted by Crippen LogP contribution is 2.40. The third-order valence-corrected chi connectivity index (χ3v) is 5.14. The Morgan fingerprint density at radius 1 is 1.03 bits per heavy atom. The van der Waals surface area contributed by atoms with Gasteiger partial charge in [0.05, 0.1) is 6.54 Å². The van der Waals surface area contributed by atoms with Crippen molar-refractivity contribution < 1.29 is 20.1 Å². The summed E-state index contributed by atoms with van der Waals surface area (Å²) in [4.78, 5) is 12.5. The fourth-order valence-electron chi connectivity index (χ4n) is 3.51. The minimum atomic E-state index is -0.850. The molecule has 3 aromatic carbocycles. The standard InChI is InChI=1S/C24H27N3O4/c1-15-6-8-19-18(11-15)12-16(2)24(31)23(19)26-25-20-13-17(7-9-21(20)28)5-4-10-27(3)14-22(29)30/h6-9,11-13,28,31H,4-5,10,14H2,1-3H3,(H,29,30). The molecule has 0 bridgehead atoms. The quantitative estimate of drug-likeness (QED) is 0.432. The number of azo groups is 1. The SMILES string of the molecule is Cc1ccc2c(N=Nc3cc(CCCN(C)CC(=O)O)ccc3O)c(O)c(C)cc2c1. The van der Waals surface area contributed by atoms with Crippen LogP contribution in [-0.2, 0) is 11.2 Å². The van der Waals surface area contributed by atoms with Gasteiger partial charge in [0.25, 0.3) is 0 Å². The van der Waals surface area contributed by atoms with Crippen LogP contribution in [0.1, 0.15) is 23.1 Å². The fraction of sp³-hybridized carbons (Fsp3) is 0.292. The number of likely N-dealkylation sites (N-methyl/N-ethyl adjacent to an activating group) is 1. The van der Waals surface area contributed by atoms with E-state index in [-0.39, 0.29) is 18.0 Å². The summed E-state index contributed by atoms with van der Waals surface area (Å²) in [5.41, 5.74) is 3.47. The molecule has 0 fully saturated rings. The summed E-state index contributed by atoms with van der Waals surface area (Å²) >= 11 is 0. The van der Waals surface area contributed by atoms with Gasteiger partial charge in [-0.1, -0.05) is 29.8 Å². The molecule has 7 nitrogen and oxygen atoms in total. The van der Waals surface area contributed by atoms with Gasteiger partial charge in [0.15, 0.2) is 0 Å². The molecule has 3 aromatic rings. The second-order valence-electron chi connectivity index (χ2n) is 7.87. The molecule has 3 rings (SSSR count). The lowest BCUT2D eigenvalue weighted by molar-refractivity contribution is -0.137. The molecule has 0 aromatic heterocycles. The first-order valence-corrected chi connectivity index (χ1v) is 10.1. The highest BCUT2D eigenvalue weighted by Gasteiger charge is 2.11. The van der Waals surface area contributed by atoms with Crippen molar-refractivity contribution in [2.75, 3.05) is 20.1 Å². The minimum Gasteiger partial charge on any atom is -0.506 e. The molecule has 0 amide bonds. The molecular formula is C24H27N3O4. The van der Waals surface area contributed by atoms with Gasteiger partial charge in [-0.05, 0) is 75.0 Å². The van der Waals surface area contributed by atoms with Crippen LogP contribution >= 0.6 is 0 Å². The molecule has 0 unspecified atom stereocenters. The van der Waals surface area contributed by atoms with E-state index in [1.54, 1.807) is 24.1 Å². The van der Waals surface area contributed by atoms with Gasteiger partial charge in [0, 0.05) is 5.39 Å². The number of aryl methyl sites for hydroxylation is 3. The molecule has 162 valence electrons. The highest BCUT2D eigenvalue weighted by atomic mass is 16.4. The Balaban J connectivity index is 1.82. The fourth-order valence-corrected chi connectivity index (χ4v) is 3.51. The Kier molecular flexibility index (Phi) is 6.87. The molecule has 0 saturated heterocycles. The number of hydrogen-bond acceptors (Lipinski definition) is 6. The van der Waals surface area contributed by atoms with E-state index < -0.39 is 5.97 Å². The summed E-state index contributed by atoms with van der Waals surface area (Å²) in [6.07, 6.45) is 1.48. The molecular weight excluding hydrogens is 394 g/mol. The number of hydrogen-bond donors (Lipinski definition) is 3. The van der Waals surface area contributed by atoms with E-state index in [2.05, 4.69) is 10.2 Å². The maximum Gasteiger partial charge on any atom is 0.317 e. The lowest BCUT2D eigenvalue weighted by Crippen LogP contribution is -2.26. The van der Waals surface area contributed by atoms with E-state index >= 15 is 0 Å². The second kappa shape index (κ2) is 9.57. The lowest BCUT2D eigenvalue weighted by atomic mass is 10.0. The summed E-state index contributed by atoms with van der Waals surface area (Å²) in [5.74, 6) is -0.781. The van der Waals surface area contributed by atoms with Crippen molar-refractivity contribution >= 4 is 28.1 Å². The van der Waals surface area contributed by atoms with Gasteiger partial charge in [0.2, 0.25) is 0 Å². The Morgan fingerprint density at radius 2 is 1.81 bits per heavy atom. The molecule has 31 heavy (non-hydrogen) atoms. The van der Waals surface area contributed by atoms with Crippen molar-refractivity contribution in [2.45, 2.75) is 26.7 Å². The maximum absolute atomic E-state index is 10.7. The second-order valence-corrected chi connectivity index (χ2v) is 7.87. The van der Waals surface area contributed by atoms with Gasteiger partial charge in [-0.25, -0.2) is 0 Å². The van der Waals surface area contributed by atoms with E-state index in [1.807, 2.05) is 44.2 Å². The zero-order chi connectivity index (χ0) is 22.5. The Hall–Kier alpha value is -3.45. The maximum atomic E-state index is 10.7. The van der Waals surface area contributed by atoms with Gasteiger partial charge >= 0.3 is 5.97 Å². The molecule has 0 aliphatic rings. The van der Waals surface area contributed by atoms with Gasteiger partial charge in [-0.2, -0.15) is 0 Å². The zero-order valence-corrected chi connectivity index (χ0v) is 18.0. The van der Waals surface area contributed by atoms with Gasteiger partial charge in [-0.3, -0.25) is 9.69 Å². The molecule has 0 atom stereocenters. The molecule has 0 saturated carbocycles. The smallest absolute Gasteiger partial charge is 0.317 e. The highest BCUT2D eigenvalue weighted by molar-refractivity contribution is 5.96. The van der Waals surface area contributed by atoms with E-state index in [0.29, 0.717) is 29.9 Å². The largest absolute Gasteiger partial charge is 0.506 e. The van der Waals surface area contributed by atoms with Crippen LogP contribution in [0.25, 0.3) is 10.8 Å². The first kappa shape index (κ1) is 22.2. The predicted octanol–water partition coefficient (Wildman–Crippen LogP) is 5.23. The van der Waals surface area contributed by atoms with Crippen LogP contribution in [-0.4, -0.2) is 46.3 Å². The van der Waals surface area contributed by atoms with Crippen molar-refractivity contribution in [2.24, 2.45) is 10.2 Å². The van der Waals surface area contributed by atoms with Crippen LogP contribution in [0.3, 0.4) is 0 Å². The number of aliphatic carboxylic acids is 1. The lowest BCUT2D eigenvalue weighted by Gasteiger charge is -2.13. The van der Waals surface area contributed by atoms with E-state index in [4.69, 9.17) is 5.11 Å². The summed E-state index contributed by atoms with van der Waals surface area (Å²) in [6, 6.07) is 12.9. The molecule has 3 N–H and O–H groups in total. The van der Waals surface area contributed by atoms with E-state index in [1.165, 1.54) is 0 Å². The number of fused-ring (bicyclic) bond motifs is 1. The van der Waals surface area contributed by atoms with Crippen molar-refractivity contribution in [3.8, 4) is 11.5 Å². The molecule has 7 heteroatoms. The number of carbonyl (C=O) groups is 1. The van der Waals surface area contributed by atoms with Crippen LogP contribution in [0.4, 0.5) is 11.4 Å². The minimum absolute atomic E-state index is 0.00249. The average Bonchev–Trinajstić information content (AvgIpc) is 2.69. The number of carboxylic acids is 1. The monoisotopic (exact) mass is 421 g/mol. The number of benzene rings is 3. The van der Waals surface area contributed by atoms with Crippen molar-refractivity contribution in [1.82, 2.24) is 4.90 Å². The molecule has 0 aliphatic heterocycles. The summed E-state index contributed by atoms with van der Waals surface area (Å²) in [7, 11) is 1.77.